The molecule has 4 aromatic rings. The maximum absolute atomic E-state index is 13.4. The molecular formula is C24H23N3O3. The van der Waals surface area contributed by atoms with Gasteiger partial charge in [0.25, 0.3) is 5.56 Å². The monoisotopic (exact) mass is 401 g/mol. The molecule has 0 saturated carbocycles. The Kier molecular flexibility index (Phi) is 4.81. The maximum atomic E-state index is 13.4. The fraction of sp³-hybridized carbons (Fsp3) is 0.292. The van der Waals surface area contributed by atoms with E-state index in [2.05, 4.69) is 41.2 Å². The fourth-order valence-electron chi connectivity index (χ4n) is 4.25. The maximum Gasteiger partial charge on any atom is 0.261 e. The zero-order valence-corrected chi connectivity index (χ0v) is 16.8. The van der Waals surface area contributed by atoms with Crippen molar-refractivity contribution in [2.45, 2.75) is 31.9 Å². The van der Waals surface area contributed by atoms with Gasteiger partial charge in [0.05, 0.1) is 36.0 Å². The number of pyridine rings is 1. The summed E-state index contributed by atoms with van der Waals surface area (Å²) in [6.07, 6.45) is 3.83. The minimum absolute atomic E-state index is 0.149. The van der Waals surface area contributed by atoms with Crippen molar-refractivity contribution < 1.29 is 9.84 Å². The first-order chi connectivity index (χ1) is 14.6. The van der Waals surface area contributed by atoms with Gasteiger partial charge in [-0.05, 0) is 43.0 Å². The standard InChI is InChI=1S/C24H23N3O3/c1-15-4-6-16(7-5-15)11-17-12-19-23(22-18(17)3-2-9-25-22)26-14-27(24(19)29)20-8-10-30-13-21(20)28/h2-7,9,12,14,20-21,28H,8,10-11,13H2,1H3/t20-,21-/m0/s1. The van der Waals surface area contributed by atoms with Crippen molar-refractivity contribution in [1.82, 2.24) is 14.5 Å². The van der Waals surface area contributed by atoms with E-state index in [1.807, 2.05) is 18.2 Å². The number of hydrogen-bond donors (Lipinski definition) is 1. The molecule has 6 heteroatoms. The zero-order valence-electron chi connectivity index (χ0n) is 16.8. The third-order valence-corrected chi connectivity index (χ3v) is 5.89. The van der Waals surface area contributed by atoms with E-state index in [4.69, 9.17) is 4.74 Å². The summed E-state index contributed by atoms with van der Waals surface area (Å²) in [6, 6.07) is 14.0. The Balaban J connectivity index is 1.70. The highest BCUT2D eigenvalue weighted by Gasteiger charge is 2.27. The average molecular weight is 401 g/mol. The summed E-state index contributed by atoms with van der Waals surface area (Å²) < 4.78 is 6.87. The number of benzene rings is 2. The van der Waals surface area contributed by atoms with Gasteiger partial charge in [-0.15, -0.1) is 0 Å². The summed E-state index contributed by atoms with van der Waals surface area (Å²) in [5.74, 6) is 0. The number of aromatic nitrogens is 3. The van der Waals surface area contributed by atoms with Gasteiger partial charge in [0.1, 0.15) is 5.52 Å². The minimum Gasteiger partial charge on any atom is -0.389 e. The summed E-state index contributed by atoms with van der Waals surface area (Å²) in [6.45, 7) is 2.81. The van der Waals surface area contributed by atoms with Crippen LogP contribution < -0.4 is 5.56 Å². The van der Waals surface area contributed by atoms with Crippen LogP contribution in [0, 0.1) is 6.92 Å². The van der Waals surface area contributed by atoms with E-state index >= 15 is 0 Å². The smallest absolute Gasteiger partial charge is 0.261 e. The van der Waals surface area contributed by atoms with Crippen molar-refractivity contribution in [2.24, 2.45) is 0 Å². The van der Waals surface area contributed by atoms with E-state index in [9.17, 15) is 9.90 Å². The number of nitrogens with zero attached hydrogens (tertiary/aromatic N) is 3. The van der Waals surface area contributed by atoms with Gasteiger partial charge in [-0.1, -0.05) is 35.9 Å². The predicted molar refractivity (Wildman–Crippen MR) is 116 cm³/mol. The molecular weight excluding hydrogens is 378 g/mol. The number of rotatable bonds is 3. The molecule has 1 aliphatic heterocycles. The van der Waals surface area contributed by atoms with Crippen molar-refractivity contribution in [3.05, 3.63) is 82.0 Å². The van der Waals surface area contributed by atoms with E-state index in [1.165, 1.54) is 17.5 Å². The SMILES string of the molecule is Cc1ccc(Cc2cc3c(=O)n([C@H]4CCOC[C@@H]4O)cnc3c3ncccc23)cc1. The lowest BCUT2D eigenvalue weighted by molar-refractivity contribution is -0.0395. The van der Waals surface area contributed by atoms with E-state index in [0.29, 0.717) is 30.4 Å². The Morgan fingerprint density at radius 2 is 1.93 bits per heavy atom. The lowest BCUT2D eigenvalue weighted by Crippen LogP contribution is -2.39. The quantitative estimate of drug-likeness (QED) is 0.534. The predicted octanol–water partition coefficient (Wildman–Crippen LogP) is 3.17. The van der Waals surface area contributed by atoms with Gasteiger partial charge >= 0.3 is 0 Å². The topological polar surface area (TPSA) is 77.2 Å². The minimum atomic E-state index is -0.721. The lowest BCUT2D eigenvalue weighted by Gasteiger charge is -2.29. The molecule has 0 bridgehead atoms. The first-order valence-electron chi connectivity index (χ1n) is 10.2. The molecule has 1 fully saturated rings. The zero-order chi connectivity index (χ0) is 20.7. The molecule has 2 aromatic carbocycles. The van der Waals surface area contributed by atoms with Crippen LogP contribution in [0.25, 0.3) is 21.8 Å². The highest BCUT2D eigenvalue weighted by Crippen LogP contribution is 2.27. The van der Waals surface area contributed by atoms with Gasteiger partial charge in [-0.3, -0.25) is 14.3 Å². The van der Waals surface area contributed by atoms with Crippen LogP contribution in [0.1, 0.15) is 29.2 Å². The second-order valence-electron chi connectivity index (χ2n) is 7.95. The van der Waals surface area contributed by atoms with Crippen LogP contribution in [0.15, 0.2) is 59.8 Å². The van der Waals surface area contributed by atoms with E-state index < -0.39 is 6.10 Å². The van der Waals surface area contributed by atoms with Gasteiger partial charge in [-0.2, -0.15) is 0 Å². The van der Waals surface area contributed by atoms with Gasteiger partial charge in [0.2, 0.25) is 0 Å². The molecule has 2 aromatic heterocycles. The number of hydrogen-bond acceptors (Lipinski definition) is 5. The van der Waals surface area contributed by atoms with Crippen molar-refractivity contribution >= 4 is 21.8 Å². The third kappa shape index (κ3) is 3.28. The number of aliphatic hydroxyl groups excluding tert-OH is 1. The van der Waals surface area contributed by atoms with Crippen molar-refractivity contribution in [3.63, 3.8) is 0 Å². The van der Waals surface area contributed by atoms with Crippen LogP contribution in [-0.4, -0.2) is 39.0 Å². The third-order valence-electron chi connectivity index (χ3n) is 5.89. The Morgan fingerprint density at radius 1 is 1.13 bits per heavy atom. The number of fused-ring (bicyclic) bond motifs is 3. The highest BCUT2D eigenvalue weighted by molar-refractivity contribution is 6.04. The molecule has 2 atom stereocenters. The Bertz CT molecular complexity index is 1280. The van der Waals surface area contributed by atoms with Crippen LogP contribution in [0.4, 0.5) is 0 Å². The second-order valence-corrected chi connectivity index (χ2v) is 7.95. The second kappa shape index (κ2) is 7.63. The Hall–Kier alpha value is -3.09. The van der Waals surface area contributed by atoms with Crippen molar-refractivity contribution in [1.29, 1.82) is 0 Å². The molecule has 0 amide bonds. The first-order valence-corrected chi connectivity index (χ1v) is 10.2. The molecule has 0 spiro atoms. The number of aryl methyl sites for hydroxylation is 1. The van der Waals surface area contributed by atoms with Gasteiger partial charge in [0.15, 0.2) is 0 Å². The van der Waals surface area contributed by atoms with Crippen molar-refractivity contribution in [2.75, 3.05) is 13.2 Å². The number of aliphatic hydroxyl groups is 1. The Labute approximate surface area is 173 Å². The summed E-state index contributed by atoms with van der Waals surface area (Å²) in [5.41, 5.74) is 4.61. The van der Waals surface area contributed by atoms with Gasteiger partial charge in [-0.25, -0.2) is 4.98 Å². The van der Waals surface area contributed by atoms with Crippen LogP contribution in [0.5, 0.6) is 0 Å². The molecule has 0 aliphatic carbocycles. The summed E-state index contributed by atoms with van der Waals surface area (Å²) in [5, 5.41) is 11.9. The molecule has 1 N–H and O–H groups in total. The lowest BCUT2D eigenvalue weighted by atomic mass is 9.97. The Morgan fingerprint density at radius 3 is 2.73 bits per heavy atom. The van der Waals surface area contributed by atoms with E-state index in [0.717, 1.165) is 16.5 Å². The molecule has 6 nitrogen and oxygen atoms in total. The van der Waals surface area contributed by atoms with Crippen molar-refractivity contribution in [3.8, 4) is 0 Å². The average Bonchev–Trinajstić information content (AvgIpc) is 2.77. The summed E-state index contributed by atoms with van der Waals surface area (Å²) in [7, 11) is 0. The molecule has 0 unspecified atom stereocenters. The number of ether oxygens (including phenoxy) is 1. The highest BCUT2D eigenvalue weighted by atomic mass is 16.5. The molecule has 1 aliphatic rings. The van der Waals surface area contributed by atoms with Crippen LogP contribution in [0.2, 0.25) is 0 Å². The summed E-state index contributed by atoms with van der Waals surface area (Å²) in [4.78, 5) is 22.5. The van der Waals surface area contributed by atoms with Gasteiger partial charge < -0.3 is 9.84 Å². The summed E-state index contributed by atoms with van der Waals surface area (Å²) >= 11 is 0. The molecule has 3 heterocycles. The van der Waals surface area contributed by atoms with E-state index in [-0.39, 0.29) is 18.2 Å². The molecule has 5 rings (SSSR count). The van der Waals surface area contributed by atoms with Crippen LogP contribution >= 0.6 is 0 Å². The van der Waals surface area contributed by atoms with Gasteiger partial charge in [0, 0.05) is 18.2 Å². The molecule has 1 saturated heterocycles. The largest absolute Gasteiger partial charge is 0.389 e. The molecule has 30 heavy (non-hydrogen) atoms. The fourth-order valence-corrected chi connectivity index (χ4v) is 4.25. The molecule has 152 valence electrons. The van der Waals surface area contributed by atoms with E-state index in [1.54, 1.807) is 10.8 Å². The van der Waals surface area contributed by atoms with Crippen LogP contribution in [-0.2, 0) is 11.2 Å². The van der Waals surface area contributed by atoms with Crippen LogP contribution in [0.3, 0.4) is 0 Å². The molecule has 0 radical (unpaired) electrons. The first kappa shape index (κ1) is 18.9. The normalized spacial score (nSPS) is 19.4.